The molecule has 1 aromatic carbocycles. The molecule has 1 amide bonds. The lowest BCUT2D eigenvalue weighted by molar-refractivity contribution is -0.120. The fourth-order valence-corrected chi connectivity index (χ4v) is 3.72. The zero-order valence-electron chi connectivity index (χ0n) is 14.7. The number of carbonyl (C=O) groups is 1. The molecule has 0 saturated carbocycles. The first-order valence-corrected chi connectivity index (χ1v) is 10.1. The van der Waals surface area contributed by atoms with Gasteiger partial charge in [-0.1, -0.05) is 41.1 Å². The maximum absolute atomic E-state index is 12.3. The molecule has 1 aromatic heterocycles. The van der Waals surface area contributed by atoms with Crippen LogP contribution in [0.3, 0.4) is 0 Å². The van der Waals surface area contributed by atoms with E-state index >= 15 is 0 Å². The second-order valence-corrected chi connectivity index (χ2v) is 8.02. The van der Waals surface area contributed by atoms with Crippen molar-refractivity contribution in [3.63, 3.8) is 0 Å². The summed E-state index contributed by atoms with van der Waals surface area (Å²) in [6, 6.07) is 7.23. The molecule has 7 heteroatoms. The summed E-state index contributed by atoms with van der Waals surface area (Å²) in [6.45, 7) is 2.51. The zero-order chi connectivity index (χ0) is 18.4. The van der Waals surface area contributed by atoms with Crippen LogP contribution in [0, 0.1) is 0 Å². The van der Waals surface area contributed by atoms with Crippen LogP contribution in [0.1, 0.15) is 39.0 Å². The average Bonchev–Trinajstić information content (AvgIpc) is 3.11. The second-order valence-electron chi connectivity index (χ2n) is 6.29. The molecule has 3 rings (SSSR count). The second kappa shape index (κ2) is 9.24. The van der Waals surface area contributed by atoms with Crippen LogP contribution in [0.15, 0.2) is 45.6 Å². The lowest BCUT2D eigenvalue weighted by Crippen LogP contribution is -2.31. The van der Waals surface area contributed by atoms with Crippen molar-refractivity contribution in [1.82, 2.24) is 15.5 Å². The highest BCUT2D eigenvalue weighted by Gasteiger charge is 2.18. The number of hydrogen-bond acceptors (Lipinski definition) is 5. The molecule has 0 fully saturated rings. The summed E-state index contributed by atoms with van der Waals surface area (Å²) in [5.74, 6) is 0.376. The Balaban J connectivity index is 1.49. The zero-order valence-corrected chi connectivity index (χ0v) is 16.3. The number of rotatable bonds is 7. The molecule has 1 aliphatic carbocycles. The SMILES string of the molecule is C[C@@H](Sc1nnc(-c2cccc(Cl)c2)o1)C(=O)NCCC1=CCCCC1. The Morgan fingerprint density at radius 3 is 3.04 bits per heavy atom. The number of carbonyl (C=O) groups excluding carboxylic acids is 1. The molecular formula is C19H22ClN3O2S. The lowest BCUT2D eigenvalue weighted by atomic mass is 9.97. The number of aromatic nitrogens is 2. The maximum Gasteiger partial charge on any atom is 0.277 e. The minimum atomic E-state index is -0.303. The van der Waals surface area contributed by atoms with Crippen molar-refractivity contribution in [2.75, 3.05) is 6.54 Å². The smallest absolute Gasteiger partial charge is 0.277 e. The monoisotopic (exact) mass is 391 g/mol. The van der Waals surface area contributed by atoms with E-state index in [4.69, 9.17) is 16.0 Å². The van der Waals surface area contributed by atoms with Crippen molar-refractivity contribution in [3.8, 4) is 11.5 Å². The van der Waals surface area contributed by atoms with Gasteiger partial charge in [0, 0.05) is 17.1 Å². The van der Waals surface area contributed by atoms with Gasteiger partial charge in [-0.3, -0.25) is 4.79 Å². The Hall–Kier alpha value is -1.79. The molecule has 0 aliphatic heterocycles. The highest BCUT2D eigenvalue weighted by molar-refractivity contribution is 8.00. The normalized spacial score (nSPS) is 15.4. The van der Waals surface area contributed by atoms with E-state index in [1.54, 1.807) is 12.1 Å². The van der Waals surface area contributed by atoms with Gasteiger partial charge in [0.2, 0.25) is 11.8 Å². The molecule has 0 bridgehead atoms. The van der Waals surface area contributed by atoms with Crippen molar-refractivity contribution in [3.05, 3.63) is 40.9 Å². The van der Waals surface area contributed by atoms with Gasteiger partial charge in [0.25, 0.3) is 5.22 Å². The van der Waals surface area contributed by atoms with E-state index in [2.05, 4.69) is 21.6 Å². The van der Waals surface area contributed by atoms with E-state index in [-0.39, 0.29) is 11.2 Å². The van der Waals surface area contributed by atoms with Crippen molar-refractivity contribution >= 4 is 29.3 Å². The Morgan fingerprint density at radius 2 is 2.27 bits per heavy atom. The minimum Gasteiger partial charge on any atom is -0.411 e. The first-order valence-electron chi connectivity index (χ1n) is 8.83. The van der Waals surface area contributed by atoms with Crippen LogP contribution in [0.5, 0.6) is 0 Å². The highest BCUT2D eigenvalue weighted by atomic mass is 35.5. The van der Waals surface area contributed by atoms with Gasteiger partial charge in [-0.2, -0.15) is 0 Å². The van der Waals surface area contributed by atoms with Gasteiger partial charge in [0.05, 0.1) is 5.25 Å². The Bertz CT molecular complexity index is 791. The third-order valence-corrected chi connectivity index (χ3v) is 5.42. The molecule has 0 unspecified atom stereocenters. The van der Waals surface area contributed by atoms with Crippen LogP contribution >= 0.6 is 23.4 Å². The van der Waals surface area contributed by atoms with Crippen molar-refractivity contribution in [2.45, 2.75) is 49.5 Å². The van der Waals surface area contributed by atoms with E-state index in [1.807, 2.05) is 19.1 Å². The molecule has 5 nitrogen and oxygen atoms in total. The van der Waals surface area contributed by atoms with E-state index in [9.17, 15) is 4.79 Å². The van der Waals surface area contributed by atoms with E-state index in [0.717, 1.165) is 18.4 Å². The number of amides is 1. The van der Waals surface area contributed by atoms with E-state index in [1.165, 1.54) is 36.6 Å². The third-order valence-electron chi connectivity index (χ3n) is 4.26. The standard InChI is InChI=1S/C19H22ClN3O2S/c1-13(17(24)21-11-10-14-6-3-2-4-7-14)26-19-23-22-18(25-19)15-8-5-9-16(20)12-15/h5-6,8-9,12-13H,2-4,7,10-11H2,1H3,(H,21,24)/t13-/m1/s1. The number of hydrogen-bond donors (Lipinski definition) is 1. The molecule has 138 valence electrons. The maximum atomic E-state index is 12.3. The van der Waals surface area contributed by atoms with Crippen molar-refractivity contribution < 1.29 is 9.21 Å². The fourth-order valence-electron chi connectivity index (χ4n) is 2.82. The van der Waals surface area contributed by atoms with Crippen LogP contribution < -0.4 is 5.32 Å². The molecule has 0 saturated heterocycles. The topological polar surface area (TPSA) is 68.0 Å². The molecule has 0 radical (unpaired) electrons. The molecule has 1 aliphatic rings. The molecule has 2 aromatic rings. The van der Waals surface area contributed by atoms with Crippen LogP contribution in [0.25, 0.3) is 11.5 Å². The summed E-state index contributed by atoms with van der Waals surface area (Å²) in [5.41, 5.74) is 2.22. The highest BCUT2D eigenvalue weighted by Crippen LogP contribution is 2.27. The number of nitrogens with one attached hydrogen (secondary N) is 1. The summed E-state index contributed by atoms with van der Waals surface area (Å²) < 4.78 is 5.64. The van der Waals surface area contributed by atoms with Crippen LogP contribution in [-0.2, 0) is 4.79 Å². The van der Waals surface area contributed by atoms with E-state index < -0.39 is 0 Å². The van der Waals surface area contributed by atoms with Crippen LogP contribution in [-0.4, -0.2) is 27.9 Å². The van der Waals surface area contributed by atoms with Crippen LogP contribution in [0.2, 0.25) is 5.02 Å². The first kappa shape index (κ1) is 19.0. The molecule has 1 heterocycles. The van der Waals surface area contributed by atoms with Gasteiger partial charge in [-0.15, -0.1) is 10.2 Å². The van der Waals surface area contributed by atoms with Gasteiger partial charge in [0.1, 0.15) is 0 Å². The van der Waals surface area contributed by atoms with Gasteiger partial charge in [-0.25, -0.2) is 0 Å². The van der Waals surface area contributed by atoms with Crippen LogP contribution in [0.4, 0.5) is 0 Å². The molecule has 1 atom stereocenters. The molecule has 1 N–H and O–H groups in total. The number of thioether (sulfide) groups is 1. The summed E-state index contributed by atoms with van der Waals surface area (Å²) in [4.78, 5) is 12.3. The summed E-state index contributed by atoms with van der Waals surface area (Å²) in [7, 11) is 0. The van der Waals surface area contributed by atoms with Crippen molar-refractivity contribution in [1.29, 1.82) is 0 Å². The first-order chi connectivity index (χ1) is 12.6. The minimum absolute atomic E-state index is 0.0195. The summed E-state index contributed by atoms with van der Waals surface area (Å²) in [6.07, 6.45) is 8.12. The quantitative estimate of drug-likeness (QED) is 0.538. The molecular weight excluding hydrogens is 370 g/mol. The Morgan fingerprint density at radius 1 is 1.38 bits per heavy atom. The Labute approximate surface area is 162 Å². The number of benzene rings is 1. The number of halogens is 1. The predicted molar refractivity (Wildman–Crippen MR) is 104 cm³/mol. The molecule has 26 heavy (non-hydrogen) atoms. The lowest BCUT2D eigenvalue weighted by Gasteiger charge is -2.14. The third kappa shape index (κ3) is 5.35. The summed E-state index contributed by atoms with van der Waals surface area (Å²) in [5, 5.41) is 11.7. The largest absolute Gasteiger partial charge is 0.411 e. The van der Waals surface area contributed by atoms with Crippen molar-refractivity contribution in [2.24, 2.45) is 0 Å². The fraction of sp³-hybridized carbons (Fsp3) is 0.421. The number of nitrogens with zero attached hydrogens (tertiary/aromatic N) is 2. The Kier molecular flexibility index (Phi) is 6.74. The van der Waals surface area contributed by atoms with Gasteiger partial charge in [0.15, 0.2) is 0 Å². The number of allylic oxidation sites excluding steroid dienone is 1. The predicted octanol–water partition coefficient (Wildman–Crippen LogP) is 4.88. The van der Waals surface area contributed by atoms with E-state index in [0.29, 0.717) is 22.7 Å². The van der Waals surface area contributed by atoms with Gasteiger partial charge < -0.3 is 9.73 Å². The molecule has 0 spiro atoms. The van der Waals surface area contributed by atoms with Gasteiger partial charge in [-0.05, 0) is 57.2 Å². The van der Waals surface area contributed by atoms with Gasteiger partial charge >= 0.3 is 0 Å². The summed E-state index contributed by atoms with van der Waals surface area (Å²) >= 11 is 7.24. The average molecular weight is 392 g/mol.